The molecule has 1 unspecified atom stereocenters. The Morgan fingerprint density at radius 3 is 2.67 bits per heavy atom. The number of aromatic nitrogens is 2. The van der Waals surface area contributed by atoms with Gasteiger partial charge in [-0.25, -0.2) is 4.79 Å². The van der Waals surface area contributed by atoms with Gasteiger partial charge in [0, 0.05) is 0 Å². The first-order valence-corrected chi connectivity index (χ1v) is 6.37. The number of halogens is 3. The van der Waals surface area contributed by atoms with Crippen molar-refractivity contribution in [2.45, 2.75) is 25.6 Å². The molecule has 0 aliphatic rings. The number of nitrogens with one attached hydrogen (secondary N) is 2. The maximum atomic E-state index is 12.2. The molecule has 1 amide bonds. The number of hydrogen-bond acceptors (Lipinski definition) is 2. The Morgan fingerprint density at radius 1 is 1.38 bits per heavy atom. The van der Waals surface area contributed by atoms with Crippen molar-refractivity contribution < 1.29 is 18.0 Å². The van der Waals surface area contributed by atoms with Crippen molar-refractivity contribution in [2.75, 3.05) is 6.54 Å². The molecule has 1 aromatic heterocycles. The molecule has 21 heavy (non-hydrogen) atoms. The van der Waals surface area contributed by atoms with Gasteiger partial charge in [-0.2, -0.15) is 13.2 Å². The summed E-state index contributed by atoms with van der Waals surface area (Å²) in [5.41, 5.74) is 0.492. The Kier molecular flexibility index (Phi) is 4.06. The lowest BCUT2D eigenvalue weighted by molar-refractivity contribution is -0.140. The van der Waals surface area contributed by atoms with E-state index in [0.29, 0.717) is 11.0 Å². The van der Waals surface area contributed by atoms with Gasteiger partial charge in [-0.05, 0) is 18.6 Å². The van der Waals surface area contributed by atoms with E-state index in [1.165, 1.54) is 4.57 Å². The van der Waals surface area contributed by atoms with Crippen molar-refractivity contribution in [3.63, 3.8) is 0 Å². The van der Waals surface area contributed by atoms with Crippen molar-refractivity contribution in [2.24, 2.45) is 0 Å². The standard InChI is InChI=1S/C13H14F3N3O2/c1-2-9(11(20)17-7-13(14,15)16)19-10-6-4-3-5-8(10)18-12(19)21/h3-6,9H,2,7H2,1H3,(H,17,20)(H,18,21). The van der Waals surface area contributed by atoms with E-state index in [9.17, 15) is 22.8 Å². The monoisotopic (exact) mass is 301 g/mol. The van der Waals surface area contributed by atoms with E-state index >= 15 is 0 Å². The Hall–Kier alpha value is -2.25. The fraction of sp³-hybridized carbons (Fsp3) is 0.385. The molecule has 0 spiro atoms. The second-order valence-corrected chi connectivity index (χ2v) is 4.57. The maximum absolute atomic E-state index is 12.2. The van der Waals surface area contributed by atoms with Crippen LogP contribution in [-0.4, -0.2) is 28.2 Å². The number of para-hydroxylation sites is 2. The second-order valence-electron chi connectivity index (χ2n) is 4.57. The second kappa shape index (κ2) is 5.63. The van der Waals surface area contributed by atoms with Crippen molar-refractivity contribution >= 4 is 16.9 Å². The van der Waals surface area contributed by atoms with Crippen LogP contribution in [0.2, 0.25) is 0 Å². The molecule has 2 aromatic rings. The number of fused-ring (bicyclic) bond motifs is 1. The highest BCUT2D eigenvalue weighted by atomic mass is 19.4. The van der Waals surface area contributed by atoms with Gasteiger partial charge in [-0.3, -0.25) is 9.36 Å². The van der Waals surface area contributed by atoms with E-state index in [-0.39, 0.29) is 6.42 Å². The first kappa shape index (κ1) is 15.1. The molecule has 0 aliphatic heterocycles. The number of hydrogen-bond donors (Lipinski definition) is 2. The molecular weight excluding hydrogens is 287 g/mol. The van der Waals surface area contributed by atoms with Crippen LogP contribution in [0, 0.1) is 0 Å². The average molecular weight is 301 g/mol. The minimum Gasteiger partial charge on any atom is -0.345 e. The van der Waals surface area contributed by atoms with E-state index in [1.807, 2.05) is 5.32 Å². The van der Waals surface area contributed by atoms with Crippen molar-refractivity contribution in [1.29, 1.82) is 0 Å². The highest BCUT2D eigenvalue weighted by molar-refractivity contribution is 5.83. The number of aromatic amines is 1. The van der Waals surface area contributed by atoms with Crippen molar-refractivity contribution in [1.82, 2.24) is 14.9 Å². The molecule has 0 aliphatic carbocycles. The van der Waals surface area contributed by atoms with Crippen LogP contribution in [0.3, 0.4) is 0 Å². The predicted octanol–water partition coefficient (Wildman–Crippen LogP) is 1.96. The molecule has 2 rings (SSSR count). The Balaban J connectivity index is 2.34. The molecule has 0 fully saturated rings. The van der Waals surface area contributed by atoms with Gasteiger partial charge in [0.25, 0.3) is 0 Å². The third-order valence-corrected chi connectivity index (χ3v) is 3.09. The van der Waals surface area contributed by atoms with E-state index in [0.717, 1.165) is 0 Å². The molecular formula is C13H14F3N3O2. The molecule has 8 heteroatoms. The highest BCUT2D eigenvalue weighted by Gasteiger charge is 2.30. The fourth-order valence-electron chi connectivity index (χ4n) is 2.17. The third-order valence-electron chi connectivity index (χ3n) is 3.09. The van der Waals surface area contributed by atoms with E-state index in [2.05, 4.69) is 4.98 Å². The fourth-order valence-corrected chi connectivity index (χ4v) is 2.17. The zero-order valence-electron chi connectivity index (χ0n) is 11.2. The smallest absolute Gasteiger partial charge is 0.345 e. The minimum atomic E-state index is -4.49. The largest absolute Gasteiger partial charge is 0.405 e. The number of carbonyl (C=O) groups excluding carboxylic acids is 1. The molecule has 5 nitrogen and oxygen atoms in total. The number of alkyl halides is 3. The Bertz CT molecular complexity index is 702. The van der Waals surface area contributed by atoms with Crippen LogP contribution in [0.1, 0.15) is 19.4 Å². The molecule has 1 heterocycles. The molecule has 0 saturated carbocycles. The molecule has 0 saturated heterocycles. The van der Waals surface area contributed by atoms with Crippen LogP contribution >= 0.6 is 0 Å². The number of rotatable bonds is 4. The van der Waals surface area contributed by atoms with Gasteiger partial charge in [-0.15, -0.1) is 0 Å². The summed E-state index contributed by atoms with van der Waals surface area (Å²) in [4.78, 5) is 26.5. The lowest BCUT2D eigenvalue weighted by atomic mass is 10.2. The summed E-state index contributed by atoms with van der Waals surface area (Å²) in [7, 11) is 0. The lowest BCUT2D eigenvalue weighted by Gasteiger charge is -2.17. The quantitative estimate of drug-likeness (QED) is 0.906. The Morgan fingerprint density at radius 2 is 2.05 bits per heavy atom. The van der Waals surface area contributed by atoms with Crippen LogP contribution in [0.4, 0.5) is 13.2 Å². The zero-order valence-corrected chi connectivity index (χ0v) is 11.2. The van der Waals surface area contributed by atoms with Crippen molar-refractivity contribution in [3.8, 4) is 0 Å². The summed E-state index contributed by atoms with van der Waals surface area (Å²) < 4.78 is 37.7. The molecule has 2 N–H and O–H groups in total. The van der Waals surface area contributed by atoms with E-state index < -0.39 is 30.4 Å². The number of amides is 1. The van der Waals surface area contributed by atoms with Crippen LogP contribution in [0.5, 0.6) is 0 Å². The van der Waals surface area contributed by atoms with Gasteiger partial charge in [0.15, 0.2) is 0 Å². The van der Waals surface area contributed by atoms with Crippen LogP contribution in [0.15, 0.2) is 29.1 Å². The highest BCUT2D eigenvalue weighted by Crippen LogP contribution is 2.18. The first-order chi connectivity index (χ1) is 9.83. The topological polar surface area (TPSA) is 66.9 Å². The summed E-state index contributed by atoms with van der Waals surface area (Å²) in [6.07, 6.45) is -4.29. The van der Waals surface area contributed by atoms with Crippen LogP contribution in [0.25, 0.3) is 11.0 Å². The SMILES string of the molecule is CCC(C(=O)NCC(F)(F)F)n1c(=O)[nH]c2ccccc21. The summed E-state index contributed by atoms with van der Waals surface area (Å²) in [5, 5.41) is 1.82. The first-order valence-electron chi connectivity index (χ1n) is 6.37. The molecule has 0 bridgehead atoms. The summed E-state index contributed by atoms with van der Waals surface area (Å²) in [6, 6.07) is 5.70. The van der Waals surface area contributed by atoms with Crippen LogP contribution < -0.4 is 11.0 Å². The van der Waals surface area contributed by atoms with Crippen molar-refractivity contribution in [3.05, 3.63) is 34.7 Å². The maximum Gasteiger partial charge on any atom is 0.405 e. The van der Waals surface area contributed by atoms with Gasteiger partial charge in [0.05, 0.1) is 11.0 Å². The van der Waals surface area contributed by atoms with Gasteiger partial charge < -0.3 is 10.3 Å². The molecule has 114 valence electrons. The number of imidazole rings is 1. The average Bonchev–Trinajstić information content (AvgIpc) is 2.73. The van der Waals surface area contributed by atoms with Gasteiger partial charge in [0.2, 0.25) is 5.91 Å². The summed E-state index contributed by atoms with van der Waals surface area (Å²) in [5.74, 6) is -0.832. The van der Waals surface area contributed by atoms with Gasteiger partial charge >= 0.3 is 11.9 Å². The van der Waals surface area contributed by atoms with E-state index in [4.69, 9.17) is 0 Å². The summed E-state index contributed by atoms with van der Waals surface area (Å²) in [6.45, 7) is 0.214. The number of carbonyl (C=O) groups is 1. The normalized spacial score (nSPS) is 13.3. The zero-order chi connectivity index (χ0) is 15.6. The van der Waals surface area contributed by atoms with Gasteiger partial charge in [-0.1, -0.05) is 19.1 Å². The number of H-pyrrole nitrogens is 1. The number of benzene rings is 1. The molecule has 1 atom stereocenters. The lowest BCUT2D eigenvalue weighted by Crippen LogP contribution is -2.40. The molecule has 1 aromatic carbocycles. The number of nitrogens with zero attached hydrogens (tertiary/aromatic N) is 1. The van der Waals surface area contributed by atoms with Gasteiger partial charge in [0.1, 0.15) is 12.6 Å². The van der Waals surface area contributed by atoms with Crippen LogP contribution in [-0.2, 0) is 4.79 Å². The third kappa shape index (κ3) is 3.26. The predicted molar refractivity (Wildman–Crippen MR) is 71.0 cm³/mol. The Labute approximate surface area is 117 Å². The molecule has 0 radical (unpaired) electrons. The minimum absolute atomic E-state index is 0.200. The summed E-state index contributed by atoms with van der Waals surface area (Å²) >= 11 is 0. The van der Waals surface area contributed by atoms with E-state index in [1.54, 1.807) is 31.2 Å².